The number of nitrogens with one attached hydrogen (secondary N) is 5. The number of alkyl halides is 1. The van der Waals surface area contributed by atoms with Gasteiger partial charge in [0.2, 0.25) is 5.91 Å². The molecule has 0 aromatic heterocycles. The minimum atomic E-state index is -0.541. The van der Waals surface area contributed by atoms with Crippen molar-refractivity contribution in [2.45, 2.75) is 73.4 Å². The number of rotatable bonds is 5. The second-order valence-corrected chi connectivity index (χ2v) is 12.6. The quantitative estimate of drug-likeness (QED) is 0.235. The van der Waals surface area contributed by atoms with E-state index in [4.69, 9.17) is 21.1 Å². The van der Waals surface area contributed by atoms with E-state index in [1.54, 1.807) is 18.9 Å². The topological polar surface area (TPSA) is 116 Å². The molecule has 2 amide bonds. The van der Waals surface area contributed by atoms with Gasteiger partial charge >= 0.3 is 0 Å². The lowest BCUT2D eigenvalue weighted by atomic mass is 9.70. The number of methoxy groups -OCH3 is 1. The van der Waals surface area contributed by atoms with Crippen molar-refractivity contribution in [3.05, 3.63) is 0 Å². The Bertz CT molecular complexity index is 783. The average Bonchev–Trinajstić information content (AvgIpc) is 3.53. The van der Waals surface area contributed by atoms with Crippen molar-refractivity contribution in [1.29, 1.82) is 0 Å². The Morgan fingerprint density at radius 1 is 1.09 bits per heavy atom. The highest BCUT2D eigenvalue weighted by molar-refractivity contribution is 8.00. The van der Waals surface area contributed by atoms with E-state index in [0.717, 1.165) is 12.8 Å². The van der Waals surface area contributed by atoms with Gasteiger partial charge in [-0.1, -0.05) is 0 Å². The molecule has 0 bridgehead atoms. The molecule has 5 heterocycles. The number of amides is 2. The van der Waals surface area contributed by atoms with Crippen LogP contribution in [-0.4, -0.2) is 103 Å². The number of ether oxygens (including phenoxy) is 2. The van der Waals surface area contributed by atoms with Crippen LogP contribution in [0.4, 0.5) is 0 Å². The van der Waals surface area contributed by atoms with E-state index in [0.29, 0.717) is 38.8 Å². The summed E-state index contributed by atoms with van der Waals surface area (Å²) in [5.41, 5.74) is -0.243. The van der Waals surface area contributed by atoms with Gasteiger partial charge in [-0.05, 0) is 38.5 Å². The predicted octanol–water partition coefficient (Wildman–Crippen LogP) is -0.560. The Balaban J connectivity index is 1.16. The van der Waals surface area contributed by atoms with Crippen molar-refractivity contribution in [3.63, 3.8) is 0 Å². The molecule has 0 radical (unpaired) electrons. The molecule has 5 saturated heterocycles. The summed E-state index contributed by atoms with van der Waals surface area (Å²) in [7, 11) is 1.74. The van der Waals surface area contributed by atoms with Crippen LogP contribution in [0.25, 0.3) is 0 Å². The maximum absolute atomic E-state index is 13.5. The zero-order valence-corrected chi connectivity index (χ0v) is 22.2. The van der Waals surface area contributed by atoms with Crippen LogP contribution in [0.3, 0.4) is 0 Å². The normalized spacial score (nSPS) is 45.9. The summed E-state index contributed by atoms with van der Waals surface area (Å²) in [5, 5.41) is 17.0. The van der Waals surface area contributed by atoms with Gasteiger partial charge in [-0.3, -0.25) is 25.5 Å². The number of hydrogen-bond donors (Lipinski definition) is 5. The average molecular weight is 531 g/mol. The number of likely N-dealkylation sites (tertiary alicyclic amines) is 1. The molecule has 198 valence electrons. The summed E-state index contributed by atoms with van der Waals surface area (Å²) in [6, 6.07) is 0.708. The van der Waals surface area contributed by atoms with Gasteiger partial charge in [0, 0.05) is 56.7 Å². The third-order valence-corrected chi connectivity index (χ3v) is 9.90. The Morgan fingerprint density at radius 3 is 2.63 bits per heavy atom. The van der Waals surface area contributed by atoms with E-state index in [1.807, 2.05) is 11.8 Å². The summed E-state index contributed by atoms with van der Waals surface area (Å²) in [6.07, 6.45) is 1.24. The van der Waals surface area contributed by atoms with Crippen LogP contribution in [0.15, 0.2) is 0 Å². The van der Waals surface area contributed by atoms with E-state index in [-0.39, 0.29) is 64.0 Å². The third kappa shape index (κ3) is 5.62. The summed E-state index contributed by atoms with van der Waals surface area (Å²) in [6.45, 7) is 7.41. The Hall–Kier alpha value is -0.660. The molecule has 5 aliphatic heterocycles. The minimum Gasteiger partial charge on any atom is -0.380 e. The lowest BCUT2D eigenvalue weighted by molar-refractivity contribution is -0.141. The van der Waals surface area contributed by atoms with E-state index < -0.39 is 6.23 Å². The van der Waals surface area contributed by atoms with Crippen molar-refractivity contribution in [3.8, 4) is 0 Å². The minimum absolute atomic E-state index is 0.00393. The summed E-state index contributed by atoms with van der Waals surface area (Å²) in [5.74, 6) is 0.388. The Labute approximate surface area is 216 Å². The molecule has 11 atom stereocenters. The van der Waals surface area contributed by atoms with Crippen molar-refractivity contribution >= 4 is 35.2 Å². The number of piperidine rings is 2. The van der Waals surface area contributed by atoms with Gasteiger partial charge in [0.15, 0.2) is 6.23 Å². The largest absolute Gasteiger partial charge is 0.380 e. The van der Waals surface area contributed by atoms with Gasteiger partial charge in [-0.25, -0.2) is 0 Å². The highest BCUT2D eigenvalue weighted by Crippen LogP contribution is 2.38. The van der Waals surface area contributed by atoms with E-state index in [2.05, 4.69) is 33.5 Å². The highest BCUT2D eigenvalue weighted by atomic mass is 35.5. The molecule has 11 unspecified atom stereocenters. The first kappa shape index (κ1) is 26.0. The zero-order chi connectivity index (χ0) is 24.7. The Kier molecular flexibility index (Phi) is 8.15. The fraction of sp³-hybridized carbons (Fsp3) is 0.913. The molecule has 35 heavy (non-hydrogen) atoms. The number of hydrogen-bond acceptors (Lipinski definition) is 9. The van der Waals surface area contributed by atoms with Crippen molar-refractivity contribution in [2.24, 2.45) is 17.8 Å². The van der Waals surface area contributed by atoms with Crippen molar-refractivity contribution in [2.75, 3.05) is 39.9 Å². The molecular weight excluding hydrogens is 492 g/mol. The molecule has 0 aromatic carbocycles. The molecule has 5 rings (SSSR count). The number of thioether (sulfide) groups is 1. The van der Waals surface area contributed by atoms with Gasteiger partial charge in [-0.2, -0.15) is 0 Å². The number of fused-ring (bicyclic) bond motifs is 1. The lowest BCUT2D eigenvalue weighted by Crippen LogP contribution is -2.57. The maximum atomic E-state index is 13.5. The van der Waals surface area contributed by atoms with E-state index >= 15 is 0 Å². The highest BCUT2D eigenvalue weighted by Gasteiger charge is 2.47. The van der Waals surface area contributed by atoms with E-state index in [1.165, 1.54) is 0 Å². The van der Waals surface area contributed by atoms with Crippen LogP contribution in [0.5, 0.6) is 0 Å². The van der Waals surface area contributed by atoms with Crippen LogP contribution in [0.1, 0.15) is 26.7 Å². The fourth-order valence-electron chi connectivity index (χ4n) is 6.35. The van der Waals surface area contributed by atoms with Gasteiger partial charge in [0.25, 0.3) is 5.91 Å². The van der Waals surface area contributed by atoms with Gasteiger partial charge in [0.1, 0.15) is 5.50 Å². The summed E-state index contributed by atoms with van der Waals surface area (Å²) >= 11 is 8.16. The van der Waals surface area contributed by atoms with E-state index in [9.17, 15) is 9.59 Å². The van der Waals surface area contributed by atoms with Gasteiger partial charge in [0.05, 0.1) is 24.1 Å². The second-order valence-electron chi connectivity index (χ2n) is 10.7. The molecule has 0 aromatic rings. The number of nitrogens with zero attached hydrogens (tertiary/aromatic N) is 1. The third-order valence-electron chi connectivity index (χ3n) is 8.22. The Morgan fingerprint density at radius 2 is 1.91 bits per heavy atom. The van der Waals surface area contributed by atoms with Crippen LogP contribution < -0.4 is 26.6 Å². The summed E-state index contributed by atoms with van der Waals surface area (Å²) in [4.78, 5) is 28.2. The number of halogens is 1. The smallest absolute Gasteiger partial charge is 0.266 e. The van der Waals surface area contributed by atoms with Crippen LogP contribution in [0.2, 0.25) is 0 Å². The second kappa shape index (κ2) is 11.0. The molecule has 5 fully saturated rings. The number of carbonyl (C=O) groups excluding carboxylic acids is 2. The molecule has 5 N–H and O–H groups in total. The first-order valence-electron chi connectivity index (χ1n) is 12.8. The lowest BCUT2D eigenvalue weighted by Gasteiger charge is -2.45. The standard InChI is InChI=1S/C23H39ClN6O4S/c1-11-4-13(14-5-19(24)26-7-17(14)33-3)15(6-25-11)20(31)29-23-28-16-8-30(9-18(16)35-23)22(32)21-27-12(2)10-34-21/h11-19,21,23,25-28H,4-10H2,1-3H3,(H,29,31). The molecular formula is C23H39ClN6O4S. The molecule has 12 heteroatoms. The van der Waals surface area contributed by atoms with Gasteiger partial charge < -0.3 is 25.0 Å². The predicted molar refractivity (Wildman–Crippen MR) is 135 cm³/mol. The molecule has 10 nitrogen and oxygen atoms in total. The molecule has 0 aliphatic carbocycles. The molecule has 0 saturated carbocycles. The van der Waals surface area contributed by atoms with Crippen LogP contribution in [0, 0.1) is 17.8 Å². The molecule has 0 spiro atoms. The fourth-order valence-corrected chi connectivity index (χ4v) is 8.05. The maximum Gasteiger partial charge on any atom is 0.266 e. The van der Waals surface area contributed by atoms with Crippen molar-refractivity contribution in [1.82, 2.24) is 31.5 Å². The van der Waals surface area contributed by atoms with Gasteiger partial charge in [-0.15, -0.1) is 23.4 Å². The monoisotopic (exact) mass is 530 g/mol. The summed E-state index contributed by atoms with van der Waals surface area (Å²) < 4.78 is 11.4. The van der Waals surface area contributed by atoms with Crippen LogP contribution in [-0.2, 0) is 19.1 Å². The molecule has 5 aliphatic rings. The SMILES string of the molecule is COC1CNC(Cl)CC1C1CC(C)NCC1C(=O)NC1NC2CN(C(=O)C3NC(C)CO3)CC2S1. The van der Waals surface area contributed by atoms with Crippen LogP contribution >= 0.6 is 23.4 Å². The number of carbonyl (C=O) groups is 2. The first-order valence-corrected chi connectivity index (χ1v) is 14.2. The van der Waals surface area contributed by atoms with Crippen molar-refractivity contribution < 1.29 is 19.1 Å². The first-order chi connectivity index (χ1) is 16.8. The zero-order valence-electron chi connectivity index (χ0n) is 20.7.